The number of hydrogen-bond donors (Lipinski definition) is 0. The first kappa shape index (κ1) is 17.3. The van der Waals surface area contributed by atoms with Gasteiger partial charge < -0.3 is 9.47 Å². The topological polar surface area (TPSA) is 52.6 Å². The molecule has 0 heterocycles. The van der Waals surface area contributed by atoms with Crippen LogP contribution in [0.1, 0.15) is 49.7 Å². The summed E-state index contributed by atoms with van der Waals surface area (Å²) in [4.78, 5) is 24.7. The highest BCUT2D eigenvalue weighted by molar-refractivity contribution is 6.06. The molecule has 0 aliphatic heterocycles. The van der Waals surface area contributed by atoms with E-state index in [0.717, 1.165) is 31.4 Å². The minimum absolute atomic E-state index is 0.159. The van der Waals surface area contributed by atoms with Gasteiger partial charge in [-0.25, -0.2) is 4.79 Å². The van der Waals surface area contributed by atoms with Crippen molar-refractivity contribution < 1.29 is 19.1 Å². The quantitative estimate of drug-likeness (QED) is 0.598. The van der Waals surface area contributed by atoms with Crippen LogP contribution in [-0.2, 0) is 20.7 Å². The second kappa shape index (κ2) is 6.26. The van der Waals surface area contributed by atoms with E-state index in [1.54, 1.807) is 7.11 Å². The third kappa shape index (κ3) is 2.50. The Balaban J connectivity index is 1.67. The summed E-state index contributed by atoms with van der Waals surface area (Å²) in [5.41, 5.74) is 3.15. The largest absolute Gasteiger partial charge is 0.497 e. The molecule has 0 radical (unpaired) electrons. The first-order valence-corrected chi connectivity index (χ1v) is 9.48. The molecule has 138 valence electrons. The molecule has 0 saturated heterocycles. The molecule has 1 aromatic rings. The van der Waals surface area contributed by atoms with Crippen molar-refractivity contribution >= 4 is 11.8 Å². The molecule has 26 heavy (non-hydrogen) atoms. The maximum absolute atomic E-state index is 13.0. The number of esters is 1. The molecule has 0 N–H and O–H groups in total. The van der Waals surface area contributed by atoms with E-state index in [1.807, 2.05) is 0 Å². The van der Waals surface area contributed by atoms with Crippen LogP contribution in [0.2, 0.25) is 0 Å². The van der Waals surface area contributed by atoms with Gasteiger partial charge in [-0.15, -0.1) is 0 Å². The molecule has 3 aliphatic rings. The number of rotatable bonds is 2. The Morgan fingerprint density at radius 3 is 2.81 bits per heavy atom. The van der Waals surface area contributed by atoms with Crippen LogP contribution in [0.5, 0.6) is 5.75 Å². The number of ketones is 1. The zero-order chi connectivity index (χ0) is 18.5. The summed E-state index contributed by atoms with van der Waals surface area (Å²) in [5.74, 6) is 1.98. The standard InChI is InChI=1S/C22H26O4/c1-22-9-8-17-16-7-5-15(25-2)10-13(16)4-6-18(17)19(22)11-14(21(22)24)12-20(23)26-3/h5,7,10,12,17-19H,4,6,8-9,11H2,1-3H3. The van der Waals surface area contributed by atoms with Gasteiger partial charge in [-0.3, -0.25) is 4.79 Å². The summed E-state index contributed by atoms with van der Waals surface area (Å²) >= 11 is 0. The van der Waals surface area contributed by atoms with Crippen molar-refractivity contribution in [2.45, 2.75) is 44.9 Å². The number of Topliss-reactive ketones (excluding diaryl/α,β-unsaturated/α-hetero) is 1. The molecule has 3 aliphatic carbocycles. The number of carbonyl (C=O) groups excluding carboxylic acids is 2. The average molecular weight is 354 g/mol. The monoisotopic (exact) mass is 354 g/mol. The Morgan fingerprint density at radius 2 is 2.08 bits per heavy atom. The minimum Gasteiger partial charge on any atom is -0.497 e. The Kier molecular flexibility index (Phi) is 4.17. The number of hydrogen-bond acceptors (Lipinski definition) is 4. The lowest BCUT2D eigenvalue weighted by molar-refractivity contribution is -0.135. The molecule has 4 heteroatoms. The van der Waals surface area contributed by atoms with Crippen molar-refractivity contribution in [3.8, 4) is 5.75 Å². The van der Waals surface area contributed by atoms with E-state index in [2.05, 4.69) is 25.1 Å². The van der Waals surface area contributed by atoms with Crippen LogP contribution in [0.25, 0.3) is 0 Å². The van der Waals surface area contributed by atoms with E-state index in [9.17, 15) is 9.59 Å². The maximum Gasteiger partial charge on any atom is 0.330 e. The second-order valence-electron chi connectivity index (χ2n) is 8.16. The normalized spacial score (nSPS) is 34.0. The third-order valence-electron chi connectivity index (χ3n) is 7.07. The number of fused-ring (bicyclic) bond motifs is 5. The van der Waals surface area contributed by atoms with E-state index in [4.69, 9.17) is 9.47 Å². The molecule has 2 saturated carbocycles. The second-order valence-corrected chi connectivity index (χ2v) is 8.16. The number of aryl methyl sites for hydroxylation is 1. The molecule has 4 unspecified atom stereocenters. The summed E-state index contributed by atoms with van der Waals surface area (Å²) in [6.45, 7) is 2.11. The predicted octanol–water partition coefficient (Wildman–Crippen LogP) is 3.83. The molecule has 4 atom stereocenters. The number of carbonyl (C=O) groups is 2. The van der Waals surface area contributed by atoms with Crippen molar-refractivity contribution in [1.82, 2.24) is 0 Å². The summed E-state index contributed by atoms with van der Waals surface area (Å²) < 4.78 is 10.1. The number of benzene rings is 1. The molecule has 1 aromatic carbocycles. The van der Waals surface area contributed by atoms with E-state index < -0.39 is 5.97 Å². The molecule has 4 nitrogen and oxygen atoms in total. The van der Waals surface area contributed by atoms with Gasteiger partial charge in [0, 0.05) is 17.1 Å². The Morgan fingerprint density at radius 1 is 1.27 bits per heavy atom. The third-order valence-corrected chi connectivity index (χ3v) is 7.07. The van der Waals surface area contributed by atoms with E-state index in [-0.39, 0.29) is 11.2 Å². The number of allylic oxidation sites excluding steroid dienone is 1. The first-order valence-electron chi connectivity index (χ1n) is 9.48. The van der Waals surface area contributed by atoms with Gasteiger partial charge in [-0.1, -0.05) is 13.0 Å². The van der Waals surface area contributed by atoms with Gasteiger partial charge in [0.25, 0.3) is 0 Å². The Hall–Kier alpha value is -2.10. The number of ether oxygens (including phenoxy) is 2. The summed E-state index contributed by atoms with van der Waals surface area (Å²) in [7, 11) is 3.06. The van der Waals surface area contributed by atoms with Gasteiger partial charge in [0.05, 0.1) is 14.2 Å². The van der Waals surface area contributed by atoms with Crippen LogP contribution in [-0.4, -0.2) is 26.0 Å². The first-order chi connectivity index (χ1) is 12.5. The van der Waals surface area contributed by atoms with Gasteiger partial charge in [-0.05, 0) is 73.1 Å². The summed E-state index contributed by atoms with van der Waals surface area (Å²) in [6, 6.07) is 6.44. The zero-order valence-electron chi connectivity index (χ0n) is 15.7. The van der Waals surface area contributed by atoms with Gasteiger partial charge in [0.15, 0.2) is 5.78 Å². The highest BCUT2D eigenvalue weighted by Crippen LogP contribution is 2.60. The predicted molar refractivity (Wildman–Crippen MR) is 98.1 cm³/mol. The average Bonchev–Trinajstić information content (AvgIpc) is 2.91. The van der Waals surface area contributed by atoms with E-state index in [1.165, 1.54) is 24.3 Å². The van der Waals surface area contributed by atoms with Crippen molar-refractivity contribution in [2.24, 2.45) is 17.3 Å². The molecular weight excluding hydrogens is 328 g/mol. The fourth-order valence-corrected chi connectivity index (χ4v) is 5.69. The Bertz CT molecular complexity index is 793. The lowest BCUT2D eigenvalue weighted by atomic mass is 9.55. The van der Waals surface area contributed by atoms with Crippen LogP contribution in [0.3, 0.4) is 0 Å². The fourth-order valence-electron chi connectivity index (χ4n) is 5.69. The molecule has 0 bridgehead atoms. The van der Waals surface area contributed by atoms with Gasteiger partial charge in [0.2, 0.25) is 0 Å². The van der Waals surface area contributed by atoms with Crippen LogP contribution >= 0.6 is 0 Å². The van der Waals surface area contributed by atoms with Gasteiger partial charge in [0.1, 0.15) is 5.75 Å². The molecule has 2 fully saturated rings. The minimum atomic E-state index is -0.423. The maximum atomic E-state index is 13.0. The highest BCUT2D eigenvalue weighted by Gasteiger charge is 2.56. The molecule has 0 spiro atoms. The fraction of sp³-hybridized carbons (Fsp3) is 0.545. The van der Waals surface area contributed by atoms with Crippen molar-refractivity contribution in [3.63, 3.8) is 0 Å². The SMILES string of the molecule is COC(=O)C=C1CC2C3CCc4cc(OC)ccc4C3CCC2(C)C1=O. The van der Waals surface area contributed by atoms with E-state index >= 15 is 0 Å². The molecular formula is C22H26O4. The van der Waals surface area contributed by atoms with Crippen molar-refractivity contribution in [2.75, 3.05) is 14.2 Å². The smallest absolute Gasteiger partial charge is 0.330 e. The van der Waals surface area contributed by atoms with Crippen molar-refractivity contribution in [3.05, 3.63) is 41.0 Å². The van der Waals surface area contributed by atoms with Gasteiger partial charge >= 0.3 is 5.97 Å². The zero-order valence-corrected chi connectivity index (χ0v) is 15.7. The number of methoxy groups -OCH3 is 2. The summed E-state index contributed by atoms with van der Waals surface area (Å²) in [6.07, 6.45) is 6.18. The van der Waals surface area contributed by atoms with Crippen LogP contribution in [0.4, 0.5) is 0 Å². The van der Waals surface area contributed by atoms with Crippen LogP contribution < -0.4 is 4.74 Å². The Labute approximate surface area is 154 Å². The molecule has 0 amide bonds. The summed E-state index contributed by atoms with van der Waals surface area (Å²) in [5, 5.41) is 0. The lowest BCUT2D eigenvalue weighted by Crippen LogP contribution is -2.42. The molecule has 4 rings (SSSR count). The van der Waals surface area contributed by atoms with Crippen molar-refractivity contribution in [1.29, 1.82) is 0 Å². The van der Waals surface area contributed by atoms with Crippen LogP contribution in [0, 0.1) is 17.3 Å². The van der Waals surface area contributed by atoms with E-state index in [0.29, 0.717) is 29.7 Å². The highest BCUT2D eigenvalue weighted by atomic mass is 16.5. The van der Waals surface area contributed by atoms with Gasteiger partial charge in [-0.2, -0.15) is 0 Å². The molecule has 0 aromatic heterocycles. The lowest BCUT2D eigenvalue weighted by Gasteiger charge is -2.48. The van der Waals surface area contributed by atoms with Crippen LogP contribution in [0.15, 0.2) is 29.8 Å².